The molecule has 0 aliphatic carbocycles. The number of amides is 1. The van der Waals surface area contributed by atoms with Crippen LogP contribution in [0.3, 0.4) is 0 Å². The molecule has 0 radical (unpaired) electrons. The molecule has 3 rings (SSSR count). The van der Waals surface area contributed by atoms with Gasteiger partial charge in [-0.05, 0) is 62.1 Å². The van der Waals surface area contributed by atoms with E-state index in [0.29, 0.717) is 17.8 Å². The third-order valence-electron chi connectivity index (χ3n) is 4.65. The van der Waals surface area contributed by atoms with Gasteiger partial charge in [0, 0.05) is 24.8 Å². The second kappa shape index (κ2) is 9.11. The van der Waals surface area contributed by atoms with Crippen molar-refractivity contribution in [3.05, 3.63) is 90.0 Å². The Kier molecular flexibility index (Phi) is 6.54. The average Bonchev–Trinajstić information content (AvgIpc) is 2.75. The predicted octanol–water partition coefficient (Wildman–Crippen LogP) is 3.83. The molecule has 1 amide bonds. The predicted molar refractivity (Wildman–Crippen MR) is 120 cm³/mol. The molecule has 0 atom stereocenters. The molecule has 156 valence electrons. The summed E-state index contributed by atoms with van der Waals surface area (Å²) in [4.78, 5) is 14.8. The van der Waals surface area contributed by atoms with Gasteiger partial charge in [-0.1, -0.05) is 36.4 Å². The quantitative estimate of drug-likeness (QED) is 0.627. The minimum Gasteiger partial charge on any atom is -0.322 e. The summed E-state index contributed by atoms with van der Waals surface area (Å²) in [6, 6.07) is 22.4. The standard InChI is InChI=1S/C23H25N3O3S/c1-25(2)17-19-9-7-8-12-22(19)24-23(27)18-13-15-21(16-14-18)30(28,29)26(3)20-10-5-4-6-11-20/h4-16H,17H2,1-3H3,(H,24,27). The lowest BCUT2D eigenvalue weighted by molar-refractivity contribution is 0.102. The molecule has 7 heteroatoms. The molecule has 0 heterocycles. The zero-order chi connectivity index (χ0) is 21.7. The van der Waals surface area contributed by atoms with Gasteiger partial charge in [-0.2, -0.15) is 0 Å². The molecule has 0 aromatic heterocycles. The highest BCUT2D eigenvalue weighted by molar-refractivity contribution is 7.92. The summed E-state index contributed by atoms with van der Waals surface area (Å²) in [5.41, 5.74) is 2.68. The van der Waals surface area contributed by atoms with Crippen LogP contribution in [0, 0.1) is 0 Å². The van der Waals surface area contributed by atoms with E-state index in [1.165, 1.54) is 35.6 Å². The number of hydrogen-bond donors (Lipinski definition) is 1. The summed E-state index contributed by atoms with van der Waals surface area (Å²) in [5, 5.41) is 2.91. The van der Waals surface area contributed by atoms with E-state index in [9.17, 15) is 13.2 Å². The first-order valence-electron chi connectivity index (χ1n) is 9.47. The van der Waals surface area contributed by atoms with Gasteiger partial charge in [0.15, 0.2) is 0 Å². The summed E-state index contributed by atoms with van der Waals surface area (Å²) >= 11 is 0. The Labute approximate surface area is 177 Å². The Morgan fingerprint density at radius 2 is 1.43 bits per heavy atom. The van der Waals surface area contributed by atoms with E-state index < -0.39 is 10.0 Å². The third kappa shape index (κ3) is 4.87. The van der Waals surface area contributed by atoms with Gasteiger partial charge in [0.25, 0.3) is 15.9 Å². The summed E-state index contributed by atoms with van der Waals surface area (Å²) in [6.45, 7) is 0.694. The van der Waals surface area contributed by atoms with Crippen LogP contribution in [-0.4, -0.2) is 40.4 Å². The van der Waals surface area contributed by atoms with E-state index in [1.807, 2.05) is 49.3 Å². The van der Waals surface area contributed by atoms with E-state index in [4.69, 9.17) is 0 Å². The molecule has 0 spiro atoms. The minimum absolute atomic E-state index is 0.124. The fourth-order valence-corrected chi connectivity index (χ4v) is 4.22. The van der Waals surface area contributed by atoms with Crippen molar-refractivity contribution < 1.29 is 13.2 Å². The molecule has 3 aromatic rings. The minimum atomic E-state index is -3.72. The first-order chi connectivity index (χ1) is 14.3. The molecule has 0 saturated carbocycles. The van der Waals surface area contributed by atoms with E-state index in [2.05, 4.69) is 5.32 Å². The summed E-state index contributed by atoms with van der Waals surface area (Å²) < 4.78 is 27.0. The van der Waals surface area contributed by atoms with E-state index in [1.54, 1.807) is 24.3 Å². The number of carbonyl (C=O) groups excluding carboxylic acids is 1. The lowest BCUT2D eigenvalue weighted by Gasteiger charge is -2.19. The van der Waals surface area contributed by atoms with Gasteiger partial charge in [0.05, 0.1) is 10.6 Å². The van der Waals surface area contributed by atoms with Crippen LogP contribution in [0.15, 0.2) is 83.8 Å². The van der Waals surface area contributed by atoms with Crippen LogP contribution in [0.25, 0.3) is 0 Å². The number of nitrogens with zero attached hydrogens (tertiary/aromatic N) is 2. The van der Waals surface area contributed by atoms with Gasteiger partial charge in [-0.3, -0.25) is 9.10 Å². The van der Waals surface area contributed by atoms with Gasteiger partial charge in [0.1, 0.15) is 0 Å². The van der Waals surface area contributed by atoms with Crippen molar-refractivity contribution in [2.75, 3.05) is 30.8 Å². The maximum atomic E-state index is 12.9. The Balaban J connectivity index is 1.78. The summed E-state index contributed by atoms with van der Waals surface area (Å²) in [7, 11) is 1.71. The van der Waals surface area contributed by atoms with Crippen LogP contribution in [0.4, 0.5) is 11.4 Å². The molecule has 0 saturated heterocycles. The van der Waals surface area contributed by atoms with Crippen LogP contribution in [0.1, 0.15) is 15.9 Å². The van der Waals surface area contributed by atoms with Crippen molar-refractivity contribution in [3.8, 4) is 0 Å². The SMILES string of the molecule is CN(C)Cc1ccccc1NC(=O)c1ccc(S(=O)(=O)N(C)c2ccccc2)cc1. The lowest BCUT2D eigenvalue weighted by Crippen LogP contribution is -2.26. The Hall–Kier alpha value is -3.16. The average molecular weight is 424 g/mol. The van der Waals surface area contributed by atoms with Crippen molar-refractivity contribution in [2.45, 2.75) is 11.4 Å². The molecule has 3 aromatic carbocycles. The molecule has 0 aliphatic rings. The molecular weight excluding hydrogens is 398 g/mol. The highest BCUT2D eigenvalue weighted by atomic mass is 32.2. The van der Waals surface area contributed by atoms with Gasteiger partial charge in [-0.15, -0.1) is 0 Å². The van der Waals surface area contributed by atoms with E-state index in [0.717, 1.165) is 11.3 Å². The number of anilines is 2. The van der Waals surface area contributed by atoms with Crippen LogP contribution in [-0.2, 0) is 16.6 Å². The van der Waals surface area contributed by atoms with Gasteiger partial charge < -0.3 is 10.2 Å². The zero-order valence-corrected chi connectivity index (χ0v) is 18.1. The summed E-state index contributed by atoms with van der Waals surface area (Å²) in [5.74, 6) is -0.290. The molecule has 6 nitrogen and oxygen atoms in total. The number of sulfonamides is 1. The van der Waals surface area contributed by atoms with Crippen molar-refractivity contribution in [2.24, 2.45) is 0 Å². The second-order valence-electron chi connectivity index (χ2n) is 7.18. The number of rotatable bonds is 7. The maximum absolute atomic E-state index is 12.9. The number of para-hydroxylation sites is 2. The van der Waals surface area contributed by atoms with Crippen molar-refractivity contribution in [3.63, 3.8) is 0 Å². The largest absolute Gasteiger partial charge is 0.322 e. The molecule has 0 unspecified atom stereocenters. The highest BCUT2D eigenvalue weighted by Gasteiger charge is 2.21. The Morgan fingerprint density at radius 3 is 2.07 bits per heavy atom. The topological polar surface area (TPSA) is 69.7 Å². The highest BCUT2D eigenvalue weighted by Crippen LogP contribution is 2.22. The van der Waals surface area contributed by atoms with Gasteiger partial charge in [0.2, 0.25) is 0 Å². The van der Waals surface area contributed by atoms with Crippen molar-refractivity contribution in [1.29, 1.82) is 0 Å². The molecule has 0 fully saturated rings. The van der Waals surface area contributed by atoms with Crippen LogP contribution < -0.4 is 9.62 Å². The Morgan fingerprint density at radius 1 is 0.833 bits per heavy atom. The smallest absolute Gasteiger partial charge is 0.264 e. The summed E-state index contributed by atoms with van der Waals surface area (Å²) in [6.07, 6.45) is 0. The van der Waals surface area contributed by atoms with Crippen LogP contribution >= 0.6 is 0 Å². The van der Waals surface area contributed by atoms with E-state index >= 15 is 0 Å². The lowest BCUT2D eigenvalue weighted by atomic mass is 10.1. The number of carbonyl (C=O) groups is 1. The fraction of sp³-hybridized carbons (Fsp3) is 0.174. The first kappa shape index (κ1) is 21.5. The van der Waals surface area contributed by atoms with Crippen LogP contribution in [0.2, 0.25) is 0 Å². The van der Waals surface area contributed by atoms with Crippen molar-refractivity contribution >= 4 is 27.3 Å². The molecular formula is C23H25N3O3S. The molecule has 1 N–H and O–H groups in total. The van der Waals surface area contributed by atoms with Gasteiger partial charge in [-0.25, -0.2) is 8.42 Å². The Bertz CT molecular complexity index is 1110. The maximum Gasteiger partial charge on any atom is 0.264 e. The number of nitrogens with one attached hydrogen (secondary N) is 1. The molecule has 0 aliphatic heterocycles. The normalized spacial score (nSPS) is 11.3. The molecule has 0 bridgehead atoms. The van der Waals surface area contributed by atoms with E-state index in [-0.39, 0.29) is 10.8 Å². The van der Waals surface area contributed by atoms with Crippen molar-refractivity contribution in [1.82, 2.24) is 4.90 Å². The monoisotopic (exact) mass is 423 g/mol. The van der Waals surface area contributed by atoms with Gasteiger partial charge >= 0.3 is 0 Å². The number of benzene rings is 3. The number of hydrogen-bond acceptors (Lipinski definition) is 4. The first-order valence-corrected chi connectivity index (χ1v) is 10.9. The third-order valence-corrected chi connectivity index (χ3v) is 6.45. The molecule has 30 heavy (non-hydrogen) atoms. The fourth-order valence-electron chi connectivity index (χ4n) is 3.03. The van der Waals surface area contributed by atoms with Crippen LogP contribution in [0.5, 0.6) is 0 Å². The second-order valence-corrected chi connectivity index (χ2v) is 9.15. The zero-order valence-electron chi connectivity index (χ0n) is 17.2.